The molecule has 1 saturated carbocycles. The van der Waals surface area contributed by atoms with Crippen molar-refractivity contribution in [1.82, 2.24) is 20.1 Å². The van der Waals surface area contributed by atoms with E-state index in [0.717, 1.165) is 23.5 Å². The number of amides is 2. The maximum atomic E-state index is 12.2. The largest absolute Gasteiger partial charge is 0.370 e. The summed E-state index contributed by atoms with van der Waals surface area (Å²) in [7, 11) is 0. The Morgan fingerprint density at radius 3 is 2.92 bits per heavy atom. The average Bonchev–Trinajstić information content (AvgIpc) is 3.11. The lowest BCUT2D eigenvalue weighted by molar-refractivity contribution is -0.119. The Labute approximate surface area is 154 Å². The van der Waals surface area contributed by atoms with Crippen molar-refractivity contribution < 1.29 is 9.59 Å². The molecule has 7 nitrogen and oxygen atoms in total. The number of nitrogens with zero attached hydrogens (tertiary/aromatic N) is 3. The van der Waals surface area contributed by atoms with Gasteiger partial charge in [-0.15, -0.1) is 21.5 Å². The molecule has 2 heterocycles. The summed E-state index contributed by atoms with van der Waals surface area (Å²) in [5, 5.41) is 14.1. The number of thioether (sulfide) groups is 1. The van der Waals surface area contributed by atoms with E-state index in [2.05, 4.69) is 15.5 Å². The molecule has 1 aliphatic carbocycles. The van der Waals surface area contributed by atoms with Crippen LogP contribution in [0.25, 0.3) is 0 Å². The van der Waals surface area contributed by atoms with Gasteiger partial charge in [-0.2, -0.15) is 0 Å². The lowest BCUT2D eigenvalue weighted by Gasteiger charge is -2.12. The molecular formula is C16H21N5O2S2. The van der Waals surface area contributed by atoms with Gasteiger partial charge in [0.2, 0.25) is 11.8 Å². The lowest BCUT2D eigenvalue weighted by atomic mass is 10.3. The van der Waals surface area contributed by atoms with E-state index in [1.54, 1.807) is 11.3 Å². The quantitative estimate of drug-likeness (QED) is 0.649. The van der Waals surface area contributed by atoms with Crippen molar-refractivity contribution in [2.24, 2.45) is 5.73 Å². The van der Waals surface area contributed by atoms with Crippen LogP contribution in [-0.4, -0.2) is 32.3 Å². The molecule has 0 radical (unpaired) electrons. The summed E-state index contributed by atoms with van der Waals surface area (Å²) >= 11 is 2.96. The van der Waals surface area contributed by atoms with Gasteiger partial charge in [-0.1, -0.05) is 17.8 Å². The predicted octanol–water partition coefficient (Wildman–Crippen LogP) is 2.06. The first-order valence-corrected chi connectivity index (χ1v) is 10.1. The van der Waals surface area contributed by atoms with Crippen LogP contribution in [0.3, 0.4) is 0 Å². The van der Waals surface area contributed by atoms with Gasteiger partial charge in [-0.05, 0) is 31.2 Å². The van der Waals surface area contributed by atoms with Gasteiger partial charge < -0.3 is 15.6 Å². The third-order valence-corrected chi connectivity index (χ3v) is 5.97. The zero-order valence-corrected chi connectivity index (χ0v) is 15.6. The normalized spacial score (nSPS) is 15.1. The zero-order chi connectivity index (χ0) is 17.8. The molecule has 9 heteroatoms. The first-order chi connectivity index (χ1) is 12.0. The minimum Gasteiger partial charge on any atom is -0.370 e. The molecular weight excluding hydrogens is 358 g/mol. The number of carbonyl (C=O) groups is 2. The summed E-state index contributed by atoms with van der Waals surface area (Å²) in [5.41, 5.74) is 5.26. The highest BCUT2D eigenvalue weighted by molar-refractivity contribution is 7.99. The second-order valence-corrected chi connectivity index (χ2v) is 8.00. The number of carbonyl (C=O) groups excluding carboxylic acids is 2. The number of hydrogen-bond acceptors (Lipinski definition) is 6. The number of nitrogens with one attached hydrogen (secondary N) is 1. The van der Waals surface area contributed by atoms with Crippen LogP contribution in [0.2, 0.25) is 0 Å². The fraction of sp³-hybridized carbons (Fsp3) is 0.500. The van der Waals surface area contributed by atoms with E-state index < -0.39 is 0 Å². The van der Waals surface area contributed by atoms with Crippen molar-refractivity contribution >= 4 is 34.9 Å². The van der Waals surface area contributed by atoms with Crippen molar-refractivity contribution in [2.75, 3.05) is 5.75 Å². The second kappa shape index (κ2) is 8.01. The third kappa shape index (κ3) is 4.82. The molecule has 1 atom stereocenters. The van der Waals surface area contributed by atoms with Crippen LogP contribution in [0, 0.1) is 0 Å². The molecule has 1 fully saturated rings. The van der Waals surface area contributed by atoms with Crippen molar-refractivity contribution in [1.29, 1.82) is 0 Å². The Hall–Kier alpha value is -1.87. The summed E-state index contributed by atoms with van der Waals surface area (Å²) in [6.07, 6.45) is 2.43. The van der Waals surface area contributed by atoms with Crippen molar-refractivity contribution in [3.05, 3.63) is 28.2 Å². The van der Waals surface area contributed by atoms with Gasteiger partial charge in [0.05, 0.1) is 11.8 Å². The summed E-state index contributed by atoms with van der Waals surface area (Å²) in [6.45, 7) is 2.43. The first kappa shape index (κ1) is 17.9. The molecule has 0 spiro atoms. The van der Waals surface area contributed by atoms with E-state index in [1.165, 1.54) is 11.8 Å². The van der Waals surface area contributed by atoms with Gasteiger partial charge >= 0.3 is 0 Å². The smallest absolute Gasteiger partial charge is 0.230 e. The van der Waals surface area contributed by atoms with Gasteiger partial charge in [0.15, 0.2) is 5.16 Å². The van der Waals surface area contributed by atoms with E-state index in [1.807, 2.05) is 29.0 Å². The predicted molar refractivity (Wildman–Crippen MR) is 97.4 cm³/mol. The highest BCUT2D eigenvalue weighted by atomic mass is 32.2. The Morgan fingerprint density at radius 2 is 2.28 bits per heavy atom. The molecule has 0 aromatic carbocycles. The lowest BCUT2D eigenvalue weighted by Crippen LogP contribution is -2.27. The third-order valence-electron chi connectivity index (χ3n) is 3.95. The van der Waals surface area contributed by atoms with Crippen molar-refractivity contribution in [3.8, 4) is 0 Å². The SMILES string of the molecule is CC(NC(=O)CSc1nnc(C2CC2)n1CCC(N)=O)c1cccs1. The van der Waals surface area contributed by atoms with Crippen LogP contribution in [0.15, 0.2) is 22.7 Å². The number of thiophene rings is 1. The van der Waals surface area contributed by atoms with E-state index in [0.29, 0.717) is 17.6 Å². The average molecular weight is 380 g/mol. The minimum atomic E-state index is -0.353. The van der Waals surface area contributed by atoms with Crippen LogP contribution in [0.1, 0.15) is 48.8 Å². The van der Waals surface area contributed by atoms with Crippen molar-refractivity contribution in [2.45, 2.75) is 49.8 Å². The van der Waals surface area contributed by atoms with Crippen LogP contribution in [-0.2, 0) is 16.1 Å². The Balaban J connectivity index is 1.58. The maximum Gasteiger partial charge on any atom is 0.230 e. The van der Waals surface area contributed by atoms with Gasteiger partial charge in [-0.3, -0.25) is 9.59 Å². The van der Waals surface area contributed by atoms with Crippen LogP contribution < -0.4 is 11.1 Å². The summed E-state index contributed by atoms with van der Waals surface area (Å²) in [4.78, 5) is 24.4. The molecule has 0 bridgehead atoms. The highest BCUT2D eigenvalue weighted by Crippen LogP contribution is 2.40. The molecule has 3 N–H and O–H groups in total. The molecule has 0 saturated heterocycles. The van der Waals surface area contributed by atoms with E-state index in [9.17, 15) is 9.59 Å². The number of rotatable bonds is 9. The molecule has 25 heavy (non-hydrogen) atoms. The van der Waals surface area contributed by atoms with Gasteiger partial charge in [0.1, 0.15) is 5.82 Å². The molecule has 2 amide bonds. The minimum absolute atomic E-state index is 0.0112. The summed E-state index contributed by atoms with van der Waals surface area (Å²) < 4.78 is 1.93. The Kier molecular flexibility index (Phi) is 5.74. The topological polar surface area (TPSA) is 103 Å². The summed E-state index contributed by atoms with van der Waals surface area (Å²) in [5.74, 6) is 1.17. The number of aromatic nitrogens is 3. The van der Waals surface area contributed by atoms with Crippen molar-refractivity contribution in [3.63, 3.8) is 0 Å². The summed E-state index contributed by atoms with van der Waals surface area (Å²) in [6, 6.07) is 3.96. The highest BCUT2D eigenvalue weighted by Gasteiger charge is 2.30. The van der Waals surface area contributed by atoms with E-state index in [-0.39, 0.29) is 30.0 Å². The Bertz CT molecular complexity index is 740. The maximum absolute atomic E-state index is 12.2. The Morgan fingerprint density at radius 1 is 1.48 bits per heavy atom. The van der Waals surface area contributed by atoms with Crippen LogP contribution in [0.5, 0.6) is 0 Å². The van der Waals surface area contributed by atoms with Gasteiger partial charge in [-0.25, -0.2) is 0 Å². The second-order valence-electron chi connectivity index (χ2n) is 6.08. The molecule has 1 aliphatic rings. The molecule has 2 aromatic heterocycles. The number of hydrogen-bond donors (Lipinski definition) is 2. The molecule has 2 aromatic rings. The van der Waals surface area contributed by atoms with E-state index >= 15 is 0 Å². The van der Waals surface area contributed by atoms with Crippen LogP contribution >= 0.6 is 23.1 Å². The number of nitrogens with two attached hydrogens (primary N) is 1. The van der Waals surface area contributed by atoms with Gasteiger partial charge in [0.25, 0.3) is 0 Å². The fourth-order valence-corrected chi connectivity index (χ4v) is 4.02. The fourth-order valence-electron chi connectivity index (χ4n) is 2.50. The van der Waals surface area contributed by atoms with E-state index in [4.69, 9.17) is 5.73 Å². The number of primary amides is 1. The molecule has 1 unspecified atom stereocenters. The molecule has 3 rings (SSSR count). The monoisotopic (exact) mass is 379 g/mol. The first-order valence-electron chi connectivity index (χ1n) is 8.21. The zero-order valence-electron chi connectivity index (χ0n) is 14.0. The standard InChI is InChI=1S/C16H21N5O2S2/c1-10(12-3-2-8-24-12)18-14(23)9-25-16-20-19-15(11-4-5-11)21(16)7-6-13(17)22/h2-3,8,10-11H,4-7,9H2,1H3,(H2,17,22)(H,18,23). The molecule has 134 valence electrons. The van der Waals surface area contributed by atoms with Gasteiger partial charge in [0, 0.05) is 23.8 Å². The van der Waals surface area contributed by atoms with Crippen LogP contribution in [0.4, 0.5) is 0 Å². The molecule has 0 aliphatic heterocycles.